The maximum absolute atomic E-state index is 12.4. The van der Waals surface area contributed by atoms with Gasteiger partial charge in [0, 0.05) is 17.8 Å². The molecule has 138 valence electrons. The molecule has 0 atom stereocenters. The molecule has 0 aliphatic heterocycles. The average molecular weight is 356 g/mol. The molecule has 26 heavy (non-hydrogen) atoms. The first-order valence-corrected chi connectivity index (χ1v) is 8.53. The molecule has 0 unspecified atom stereocenters. The summed E-state index contributed by atoms with van der Waals surface area (Å²) < 4.78 is 0. The second kappa shape index (κ2) is 8.38. The van der Waals surface area contributed by atoms with Crippen molar-refractivity contribution >= 4 is 23.3 Å². The molecule has 0 heterocycles. The Morgan fingerprint density at radius 2 is 1.23 bits per heavy atom. The lowest BCUT2D eigenvalue weighted by Gasteiger charge is -2.31. The SMILES string of the molecule is Nc1ccc(C(CCCCCC(=O)O)(C(=O)O)c2ccc(N)cc2)cc1. The Balaban J connectivity index is 2.37. The fourth-order valence-corrected chi connectivity index (χ4v) is 3.19. The number of carbonyl (C=O) groups is 2. The van der Waals surface area contributed by atoms with Crippen LogP contribution in [0, 0.1) is 0 Å². The van der Waals surface area contributed by atoms with Crippen molar-refractivity contribution in [1.29, 1.82) is 0 Å². The van der Waals surface area contributed by atoms with Crippen LogP contribution >= 0.6 is 0 Å². The molecular formula is C20H24N2O4. The van der Waals surface area contributed by atoms with E-state index in [0.29, 0.717) is 48.2 Å². The van der Waals surface area contributed by atoms with Crippen LogP contribution in [-0.2, 0) is 15.0 Å². The van der Waals surface area contributed by atoms with Gasteiger partial charge in [0.2, 0.25) is 0 Å². The summed E-state index contributed by atoms with van der Waals surface area (Å²) in [6.07, 6.45) is 2.20. The van der Waals surface area contributed by atoms with E-state index in [9.17, 15) is 14.7 Å². The quantitative estimate of drug-likeness (QED) is 0.403. The van der Waals surface area contributed by atoms with Gasteiger partial charge in [-0.3, -0.25) is 9.59 Å². The molecule has 0 aliphatic carbocycles. The number of nitrogen functional groups attached to an aromatic ring is 2. The Hall–Kier alpha value is -3.02. The molecule has 2 aromatic carbocycles. The zero-order chi connectivity index (χ0) is 19.2. The highest BCUT2D eigenvalue weighted by molar-refractivity contribution is 5.86. The number of nitrogens with two attached hydrogens (primary N) is 2. The van der Waals surface area contributed by atoms with E-state index in [1.807, 2.05) is 0 Å². The molecule has 0 saturated carbocycles. The van der Waals surface area contributed by atoms with Crippen LogP contribution in [0.3, 0.4) is 0 Å². The Labute approximate surface area is 152 Å². The minimum atomic E-state index is -1.23. The third kappa shape index (κ3) is 4.33. The lowest BCUT2D eigenvalue weighted by Crippen LogP contribution is -2.37. The predicted molar refractivity (Wildman–Crippen MR) is 101 cm³/mol. The maximum Gasteiger partial charge on any atom is 0.318 e. The third-order valence-corrected chi connectivity index (χ3v) is 4.61. The van der Waals surface area contributed by atoms with Crippen LogP contribution < -0.4 is 11.5 Å². The molecule has 0 fully saturated rings. The summed E-state index contributed by atoms with van der Waals surface area (Å²) in [5, 5.41) is 18.9. The van der Waals surface area contributed by atoms with Crippen LogP contribution in [0.15, 0.2) is 48.5 Å². The van der Waals surface area contributed by atoms with Crippen molar-refractivity contribution in [3.05, 3.63) is 59.7 Å². The molecule has 6 nitrogen and oxygen atoms in total. The molecule has 0 spiro atoms. The van der Waals surface area contributed by atoms with Crippen LogP contribution in [0.4, 0.5) is 11.4 Å². The van der Waals surface area contributed by atoms with E-state index in [4.69, 9.17) is 16.6 Å². The van der Waals surface area contributed by atoms with Crippen molar-refractivity contribution in [2.75, 3.05) is 11.5 Å². The highest BCUT2D eigenvalue weighted by atomic mass is 16.4. The number of carboxylic acids is 2. The molecule has 0 aromatic heterocycles. The monoisotopic (exact) mass is 356 g/mol. The van der Waals surface area contributed by atoms with Crippen LogP contribution in [0.2, 0.25) is 0 Å². The minimum absolute atomic E-state index is 0.0871. The number of unbranched alkanes of at least 4 members (excludes halogenated alkanes) is 2. The number of benzene rings is 2. The molecule has 2 aromatic rings. The standard InChI is InChI=1S/C20H24N2O4/c21-16-9-5-14(6-10-16)20(19(25)26,13-3-1-2-4-18(23)24)15-7-11-17(22)12-8-15/h5-12H,1-4,13,21-22H2,(H,23,24)(H,25,26). The minimum Gasteiger partial charge on any atom is -0.481 e. The fraction of sp³-hybridized carbons (Fsp3) is 0.300. The lowest BCUT2D eigenvalue weighted by molar-refractivity contribution is -0.142. The molecule has 0 saturated heterocycles. The molecule has 6 N–H and O–H groups in total. The number of carboxylic acid groups (broad SMARTS) is 2. The van der Waals surface area contributed by atoms with Gasteiger partial charge in [-0.2, -0.15) is 0 Å². The van der Waals surface area contributed by atoms with Gasteiger partial charge in [-0.05, 0) is 48.2 Å². The zero-order valence-corrected chi connectivity index (χ0v) is 14.5. The van der Waals surface area contributed by atoms with Crippen molar-refractivity contribution in [2.24, 2.45) is 0 Å². The van der Waals surface area contributed by atoms with Gasteiger partial charge >= 0.3 is 11.9 Å². The highest BCUT2D eigenvalue weighted by Gasteiger charge is 2.41. The van der Waals surface area contributed by atoms with Gasteiger partial charge < -0.3 is 21.7 Å². The molecule has 0 radical (unpaired) electrons. The summed E-state index contributed by atoms with van der Waals surface area (Å²) in [7, 11) is 0. The molecule has 2 rings (SSSR count). The summed E-state index contributed by atoms with van der Waals surface area (Å²) in [5.74, 6) is -1.79. The zero-order valence-electron chi connectivity index (χ0n) is 14.5. The van der Waals surface area contributed by atoms with E-state index in [1.165, 1.54) is 0 Å². The van der Waals surface area contributed by atoms with Gasteiger partial charge in [-0.15, -0.1) is 0 Å². The third-order valence-electron chi connectivity index (χ3n) is 4.61. The number of rotatable bonds is 9. The second-order valence-corrected chi connectivity index (χ2v) is 6.41. The Morgan fingerprint density at radius 3 is 1.62 bits per heavy atom. The maximum atomic E-state index is 12.4. The second-order valence-electron chi connectivity index (χ2n) is 6.41. The van der Waals surface area contributed by atoms with Gasteiger partial charge in [-0.1, -0.05) is 37.1 Å². The van der Waals surface area contributed by atoms with Crippen molar-refractivity contribution in [1.82, 2.24) is 0 Å². The van der Waals surface area contributed by atoms with Crippen LogP contribution in [-0.4, -0.2) is 22.2 Å². The first-order valence-electron chi connectivity index (χ1n) is 8.53. The average Bonchev–Trinajstić information content (AvgIpc) is 2.59. The van der Waals surface area contributed by atoms with Crippen molar-refractivity contribution < 1.29 is 19.8 Å². The molecular weight excluding hydrogens is 332 g/mol. The van der Waals surface area contributed by atoms with E-state index in [2.05, 4.69) is 0 Å². The van der Waals surface area contributed by atoms with E-state index in [1.54, 1.807) is 48.5 Å². The van der Waals surface area contributed by atoms with Crippen LogP contribution in [0.1, 0.15) is 43.2 Å². The molecule has 0 aliphatic rings. The fourth-order valence-electron chi connectivity index (χ4n) is 3.19. The Morgan fingerprint density at radius 1 is 0.769 bits per heavy atom. The lowest BCUT2D eigenvalue weighted by atomic mass is 9.71. The topological polar surface area (TPSA) is 127 Å². The Kier molecular flexibility index (Phi) is 6.22. The first kappa shape index (κ1) is 19.3. The first-order chi connectivity index (χ1) is 12.4. The highest BCUT2D eigenvalue weighted by Crippen LogP contribution is 2.38. The Bertz CT molecular complexity index is 709. The van der Waals surface area contributed by atoms with Gasteiger partial charge in [-0.25, -0.2) is 0 Å². The van der Waals surface area contributed by atoms with Crippen molar-refractivity contribution in [2.45, 2.75) is 37.5 Å². The molecule has 0 amide bonds. The number of hydrogen-bond donors (Lipinski definition) is 4. The number of hydrogen-bond acceptors (Lipinski definition) is 4. The summed E-state index contributed by atoms with van der Waals surface area (Å²) in [6, 6.07) is 13.7. The summed E-state index contributed by atoms with van der Waals surface area (Å²) in [5.41, 5.74) is 12.7. The van der Waals surface area contributed by atoms with Gasteiger partial charge in [0.05, 0.1) is 0 Å². The predicted octanol–water partition coefficient (Wildman–Crippen LogP) is 3.26. The van der Waals surface area contributed by atoms with E-state index in [-0.39, 0.29) is 6.42 Å². The van der Waals surface area contributed by atoms with Crippen LogP contribution in [0.5, 0.6) is 0 Å². The van der Waals surface area contributed by atoms with Gasteiger partial charge in [0.25, 0.3) is 0 Å². The molecule has 6 heteroatoms. The van der Waals surface area contributed by atoms with E-state index < -0.39 is 17.4 Å². The summed E-state index contributed by atoms with van der Waals surface area (Å²) in [6.45, 7) is 0. The van der Waals surface area contributed by atoms with E-state index >= 15 is 0 Å². The van der Waals surface area contributed by atoms with Crippen molar-refractivity contribution in [3.8, 4) is 0 Å². The van der Waals surface area contributed by atoms with E-state index in [0.717, 1.165) is 0 Å². The van der Waals surface area contributed by atoms with Gasteiger partial charge in [0.15, 0.2) is 0 Å². The smallest absolute Gasteiger partial charge is 0.318 e. The molecule has 0 bridgehead atoms. The van der Waals surface area contributed by atoms with Crippen molar-refractivity contribution in [3.63, 3.8) is 0 Å². The van der Waals surface area contributed by atoms with Crippen LogP contribution in [0.25, 0.3) is 0 Å². The summed E-state index contributed by atoms with van der Waals surface area (Å²) in [4.78, 5) is 23.1. The van der Waals surface area contributed by atoms with Gasteiger partial charge in [0.1, 0.15) is 5.41 Å². The largest absolute Gasteiger partial charge is 0.481 e. The number of aliphatic carboxylic acids is 2. The number of anilines is 2. The summed E-state index contributed by atoms with van der Waals surface area (Å²) >= 11 is 0. The normalized spacial score (nSPS) is 11.2.